The molecular weight excluding hydrogens is 375 g/mol. The molecule has 1 fully saturated rings. The van der Waals surface area contributed by atoms with Gasteiger partial charge >= 0.3 is 0 Å². The van der Waals surface area contributed by atoms with Gasteiger partial charge in [0.2, 0.25) is 0 Å². The molecule has 0 aliphatic carbocycles. The Kier molecular flexibility index (Phi) is 9.35. The molecule has 0 saturated carbocycles. The maximum absolute atomic E-state index is 14.6. The van der Waals surface area contributed by atoms with Crippen molar-refractivity contribution in [3.8, 4) is 11.1 Å². The van der Waals surface area contributed by atoms with Gasteiger partial charge in [0.1, 0.15) is 5.82 Å². The van der Waals surface area contributed by atoms with E-state index >= 15 is 0 Å². The lowest BCUT2D eigenvalue weighted by Gasteiger charge is -2.29. The molecule has 1 heterocycles. The summed E-state index contributed by atoms with van der Waals surface area (Å²) < 4.78 is 26.5. The molecule has 1 aliphatic rings. The molecule has 2 aromatic carbocycles. The third-order valence-corrected chi connectivity index (χ3v) is 6.03. The van der Waals surface area contributed by atoms with Crippen LogP contribution in [0.4, 0.5) is 4.39 Å². The zero-order valence-electron chi connectivity index (χ0n) is 18.7. The van der Waals surface area contributed by atoms with Crippen molar-refractivity contribution in [3.63, 3.8) is 0 Å². The Morgan fingerprint density at radius 3 is 2.20 bits per heavy atom. The van der Waals surface area contributed by atoms with E-state index in [4.69, 9.17) is 9.47 Å². The van der Waals surface area contributed by atoms with E-state index in [2.05, 4.69) is 13.8 Å². The molecule has 3 heteroatoms. The van der Waals surface area contributed by atoms with Crippen molar-refractivity contribution in [2.24, 2.45) is 5.92 Å². The molecule has 0 amide bonds. The lowest BCUT2D eigenvalue weighted by atomic mass is 9.99. The van der Waals surface area contributed by atoms with Gasteiger partial charge in [-0.2, -0.15) is 0 Å². The van der Waals surface area contributed by atoms with Crippen molar-refractivity contribution in [1.29, 1.82) is 0 Å². The van der Waals surface area contributed by atoms with Crippen molar-refractivity contribution < 1.29 is 13.9 Å². The zero-order valence-corrected chi connectivity index (χ0v) is 18.7. The van der Waals surface area contributed by atoms with Crippen molar-refractivity contribution in [1.82, 2.24) is 0 Å². The largest absolute Gasteiger partial charge is 0.348 e. The van der Waals surface area contributed by atoms with Crippen LogP contribution in [0.1, 0.15) is 82.6 Å². The first-order chi connectivity index (χ1) is 14.7. The summed E-state index contributed by atoms with van der Waals surface area (Å²) in [6, 6.07) is 13.5. The van der Waals surface area contributed by atoms with Gasteiger partial charge in [-0.05, 0) is 36.5 Å². The highest BCUT2D eigenvalue weighted by Crippen LogP contribution is 2.30. The van der Waals surface area contributed by atoms with E-state index < -0.39 is 0 Å². The molecule has 30 heavy (non-hydrogen) atoms. The predicted octanol–water partition coefficient (Wildman–Crippen LogP) is 7.86. The molecule has 0 N–H and O–H groups in total. The van der Waals surface area contributed by atoms with E-state index in [-0.39, 0.29) is 12.1 Å². The Bertz CT molecular complexity index is 748. The number of ether oxygens (including phenoxy) is 2. The first-order valence-electron chi connectivity index (χ1n) is 11.8. The Hall–Kier alpha value is -1.71. The highest BCUT2D eigenvalue weighted by Gasteiger charge is 2.23. The van der Waals surface area contributed by atoms with E-state index in [1.807, 2.05) is 36.4 Å². The van der Waals surface area contributed by atoms with E-state index in [0.29, 0.717) is 11.5 Å². The number of hydrogen-bond acceptors (Lipinski definition) is 2. The van der Waals surface area contributed by atoms with Crippen LogP contribution in [0.3, 0.4) is 0 Å². The third-order valence-electron chi connectivity index (χ3n) is 6.03. The third kappa shape index (κ3) is 6.65. The van der Waals surface area contributed by atoms with Crippen LogP contribution in [-0.2, 0) is 15.9 Å². The summed E-state index contributed by atoms with van der Waals surface area (Å²) in [5, 5.41) is 0. The minimum atomic E-state index is -0.309. The average molecular weight is 413 g/mol. The second-order valence-corrected chi connectivity index (χ2v) is 8.61. The van der Waals surface area contributed by atoms with Crippen molar-refractivity contribution in [3.05, 3.63) is 59.4 Å². The Balaban J connectivity index is 1.50. The fourth-order valence-corrected chi connectivity index (χ4v) is 4.09. The van der Waals surface area contributed by atoms with Gasteiger partial charge in [0, 0.05) is 17.0 Å². The van der Waals surface area contributed by atoms with Gasteiger partial charge in [-0.15, -0.1) is 0 Å². The Morgan fingerprint density at radius 2 is 1.53 bits per heavy atom. The fraction of sp³-hybridized carbons (Fsp3) is 0.556. The van der Waals surface area contributed by atoms with E-state index in [1.54, 1.807) is 6.07 Å². The van der Waals surface area contributed by atoms with Crippen LogP contribution in [0.2, 0.25) is 0 Å². The normalized spacial score (nSPS) is 19.2. The topological polar surface area (TPSA) is 18.5 Å². The van der Waals surface area contributed by atoms with Gasteiger partial charge in [-0.3, -0.25) is 0 Å². The molecule has 2 nitrogen and oxygen atoms in total. The first-order valence-corrected chi connectivity index (χ1v) is 11.8. The monoisotopic (exact) mass is 412 g/mol. The summed E-state index contributed by atoms with van der Waals surface area (Å²) in [6.45, 7) is 5.92. The van der Waals surface area contributed by atoms with Gasteiger partial charge in [-0.25, -0.2) is 4.39 Å². The number of hydrogen-bond donors (Lipinski definition) is 0. The number of benzene rings is 2. The smallest absolute Gasteiger partial charge is 0.183 e. The second kappa shape index (κ2) is 12.2. The van der Waals surface area contributed by atoms with Gasteiger partial charge < -0.3 is 9.47 Å². The summed E-state index contributed by atoms with van der Waals surface area (Å²) >= 11 is 0. The number of halogens is 1. The van der Waals surface area contributed by atoms with Gasteiger partial charge in [0.25, 0.3) is 0 Å². The summed E-state index contributed by atoms with van der Waals surface area (Å²) in [7, 11) is 0. The summed E-state index contributed by atoms with van der Waals surface area (Å²) in [5.74, 6) is 0.353. The molecule has 0 spiro atoms. The minimum Gasteiger partial charge on any atom is -0.348 e. The van der Waals surface area contributed by atoms with E-state index in [1.165, 1.54) is 38.5 Å². The van der Waals surface area contributed by atoms with Gasteiger partial charge in [0.15, 0.2) is 6.29 Å². The number of unbranched alkanes of at least 4 members (excludes halogenated alkanes) is 5. The summed E-state index contributed by atoms with van der Waals surface area (Å²) in [4.78, 5) is 0. The number of rotatable bonds is 11. The van der Waals surface area contributed by atoms with Crippen LogP contribution in [-0.4, -0.2) is 13.2 Å². The van der Waals surface area contributed by atoms with Crippen molar-refractivity contribution in [2.75, 3.05) is 13.2 Å². The zero-order chi connectivity index (χ0) is 21.2. The minimum absolute atomic E-state index is 0.150. The van der Waals surface area contributed by atoms with Crippen LogP contribution in [0.15, 0.2) is 42.5 Å². The maximum Gasteiger partial charge on any atom is 0.183 e. The highest BCUT2D eigenvalue weighted by atomic mass is 19.1. The molecule has 0 bridgehead atoms. The molecule has 2 aromatic rings. The van der Waals surface area contributed by atoms with Crippen molar-refractivity contribution >= 4 is 0 Å². The lowest BCUT2D eigenvalue weighted by Crippen LogP contribution is -2.27. The molecule has 0 unspecified atom stereocenters. The van der Waals surface area contributed by atoms with Crippen LogP contribution >= 0.6 is 0 Å². The van der Waals surface area contributed by atoms with Crippen LogP contribution < -0.4 is 0 Å². The Morgan fingerprint density at radius 1 is 0.833 bits per heavy atom. The van der Waals surface area contributed by atoms with Crippen molar-refractivity contribution in [2.45, 2.75) is 77.9 Å². The quantitative estimate of drug-likeness (QED) is 0.350. The SMILES string of the molecule is CCCCCCCC1COC(c2ccc(-c3ccc(CCCC)cc3F)cc2)OC1. The van der Waals surface area contributed by atoms with Crippen LogP contribution in [0.25, 0.3) is 11.1 Å². The first kappa shape index (κ1) is 23.0. The highest BCUT2D eigenvalue weighted by molar-refractivity contribution is 5.64. The van der Waals surface area contributed by atoms with Gasteiger partial charge in [-0.1, -0.05) is 88.8 Å². The number of aryl methyl sites for hydroxylation is 1. The second-order valence-electron chi connectivity index (χ2n) is 8.61. The predicted molar refractivity (Wildman–Crippen MR) is 122 cm³/mol. The average Bonchev–Trinajstić information content (AvgIpc) is 2.78. The maximum atomic E-state index is 14.6. The molecule has 164 valence electrons. The molecule has 0 aromatic heterocycles. The summed E-state index contributed by atoms with van der Waals surface area (Å²) in [6.07, 6.45) is 10.6. The Labute approximate surface area is 181 Å². The van der Waals surface area contributed by atoms with E-state index in [0.717, 1.165) is 49.2 Å². The molecular formula is C27H37FO2. The lowest BCUT2D eigenvalue weighted by molar-refractivity contribution is -0.206. The standard InChI is InChI=1S/C27H37FO2/c1-3-5-7-8-9-11-22-19-29-27(30-20-22)24-15-13-23(14-16-24)25-17-12-21(10-6-4-2)18-26(25)28/h12-18,22,27H,3-11,19-20H2,1-2H3. The molecule has 1 aliphatic heterocycles. The molecule has 0 radical (unpaired) electrons. The van der Waals surface area contributed by atoms with Crippen LogP contribution in [0, 0.1) is 11.7 Å². The van der Waals surface area contributed by atoms with Crippen LogP contribution in [0.5, 0.6) is 0 Å². The molecule has 0 atom stereocenters. The van der Waals surface area contributed by atoms with E-state index in [9.17, 15) is 4.39 Å². The molecule has 3 rings (SSSR count). The molecule has 1 saturated heterocycles. The van der Waals surface area contributed by atoms with Gasteiger partial charge in [0.05, 0.1) is 13.2 Å². The fourth-order valence-electron chi connectivity index (χ4n) is 4.09. The summed E-state index contributed by atoms with van der Waals surface area (Å²) in [5.41, 5.74) is 3.60.